The number of ether oxygens (including phenoxy) is 1. The van der Waals surface area contributed by atoms with E-state index in [1.165, 1.54) is 0 Å². The zero-order chi connectivity index (χ0) is 12.8. The second-order valence-corrected chi connectivity index (χ2v) is 3.74. The van der Waals surface area contributed by atoms with Gasteiger partial charge in [-0.3, -0.25) is 0 Å². The average Bonchev–Trinajstić information content (AvgIpc) is 2.45. The lowest BCUT2D eigenvalue weighted by Gasteiger charge is -2.09. The second-order valence-electron chi connectivity index (χ2n) is 3.74. The number of hydrogen-bond donors (Lipinski definition) is 2. The number of anilines is 1. The summed E-state index contributed by atoms with van der Waals surface area (Å²) in [5.74, 6) is 1.57. The molecule has 3 N–H and O–H groups in total. The Morgan fingerprint density at radius 2 is 2.00 bits per heavy atom. The first-order valence-electron chi connectivity index (χ1n) is 5.75. The molecular formula is C13H16N4O. The third-order valence-corrected chi connectivity index (χ3v) is 2.56. The average molecular weight is 244 g/mol. The van der Waals surface area contributed by atoms with E-state index in [2.05, 4.69) is 15.5 Å². The Hall–Kier alpha value is -2.14. The predicted molar refractivity (Wildman–Crippen MR) is 71.6 cm³/mol. The highest BCUT2D eigenvalue weighted by Gasteiger charge is 2.06. The maximum Gasteiger partial charge on any atom is 0.156 e. The van der Waals surface area contributed by atoms with Crippen LogP contribution < -0.4 is 15.8 Å². The van der Waals surface area contributed by atoms with Gasteiger partial charge in [-0.25, -0.2) is 0 Å². The van der Waals surface area contributed by atoms with Gasteiger partial charge >= 0.3 is 0 Å². The van der Waals surface area contributed by atoms with Crippen LogP contribution in [0.3, 0.4) is 0 Å². The standard InChI is InChI=1S/C13H16N4O/c1-18-11-4-2-10(3-5-11)12-6-8-16-17-13(12)15-9-7-14/h2-6,8H,7,9,14H2,1H3,(H,15,17). The van der Waals surface area contributed by atoms with Gasteiger partial charge in [-0.2, -0.15) is 5.10 Å². The van der Waals surface area contributed by atoms with Gasteiger partial charge in [0.25, 0.3) is 0 Å². The van der Waals surface area contributed by atoms with Gasteiger partial charge in [0.05, 0.1) is 13.3 Å². The second kappa shape index (κ2) is 5.97. The molecule has 0 spiro atoms. The Morgan fingerprint density at radius 3 is 2.67 bits per heavy atom. The first kappa shape index (κ1) is 12.3. The number of nitrogens with two attached hydrogens (primary N) is 1. The molecule has 0 atom stereocenters. The molecule has 1 aromatic carbocycles. The maximum absolute atomic E-state index is 5.48. The van der Waals surface area contributed by atoms with E-state index in [9.17, 15) is 0 Å². The zero-order valence-corrected chi connectivity index (χ0v) is 10.3. The van der Waals surface area contributed by atoms with Crippen LogP contribution in [0, 0.1) is 0 Å². The molecule has 2 aromatic rings. The van der Waals surface area contributed by atoms with Crippen LogP contribution >= 0.6 is 0 Å². The van der Waals surface area contributed by atoms with Gasteiger partial charge in [0.1, 0.15) is 5.75 Å². The van der Waals surface area contributed by atoms with Crippen molar-refractivity contribution in [2.45, 2.75) is 0 Å². The van der Waals surface area contributed by atoms with Gasteiger partial charge in [-0.05, 0) is 23.8 Å². The Balaban J connectivity index is 2.30. The van der Waals surface area contributed by atoms with Crippen LogP contribution in [0.1, 0.15) is 0 Å². The summed E-state index contributed by atoms with van der Waals surface area (Å²) in [4.78, 5) is 0. The van der Waals surface area contributed by atoms with Crippen molar-refractivity contribution >= 4 is 5.82 Å². The molecule has 5 heteroatoms. The summed E-state index contributed by atoms with van der Waals surface area (Å²) in [6.07, 6.45) is 1.67. The summed E-state index contributed by atoms with van der Waals surface area (Å²) >= 11 is 0. The van der Waals surface area contributed by atoms with Gasteiger partial charge in [0.15, 0.2) is 5.82 Å². The molecule has 0 saturated heterocycles. The van der Waals surface area contributed by atoms with Crippen LogP contribution in [0.4, 0.5) is 5.82 Å². The quantitative estimate of drug-likeness (QED) is 0.834. The van der Waals surface area contributed by atoms with Crippen molar-refractivity contribution < 1.29 is 4.74 Å². The van der Waals surface area contributed by atoms with Crippen molar-refractivity contribution in [2.24, 2.45) is 5.73 Å². The molecule has 2 rings (SSSR count). The minimum Gasteiger partial charge on any atom is -0.497 e. The third kappa shape index (κ3) is 2.75. The van der Waals surface area contributed by atoms with Crippen LogP contribution in [-0.4, -0.2) is 30.4 Å². The van der Waals surface area contributed by atoms with E-state index in [-0.39, 0.29) is 0 Å². The molecular weight excluding hydrogens is 228 g/mol. The molecule has 1 aromatic heterocycles. The molecule has 0 aliphatic heterocycles. The van der Waals surface area contributed by atoms with E-state index in [4.69, 9.17) is 10.5 Å². The highest BCUT2D eigenvalue weighted by atomic mass is 16.5. The minimum atomic E-state index is 0.554. The van der Waals surface area contributed by atoms with Crippen molar-refractivity contribution in [3.63, 3.8) is 0 Å². The Kier molecular flexibility index (Phi) is 4.09. The van der Waals surface area contributed by atoms with Crippen LogP contribution in [0.2, 0.25) is 0 Å². The normalized spacial score (nSPS) is 10.1. The fourth-order valence-electron chi connectivity index (χ4n) is 1.66. The van der Waals surface area contributed by atoms with E-state index >= 15 is 0 Å². The van der Waals surface area contributed by atoms with Gasteiger partial charge in [-0.15, -0.1) is 5.10 Å². The fourth-order valence-corrected chi connectivity index (χ4v) is 1.66. The molecule has 18 heavy (non-hydrogen) atoms. The van der Waals surface area contributed by atoms with Crippen LogP contribution in [0.5, 0.6) is 5.75 Å². The summed E-state index contributed by atoms with van der Waals surface area (Å²) in [7, 11) is 1.65. The van der Waals surface area contributed by atoms with Crippen molar-refractivity contribution in [2.75, 3.05) is 25.5 Å². The number of hydrogen-bond acceptors (Lipinski definition) is 5. The number of benzene rings is 1. The number of rotatable bonds is 5. The summed E-state index contributed by atoms with van der Waals surface area (Å²) in [5, 5.41) is 11.1. The molecule has 0 unspecified atom stereocenters. The van der Waals surface area contributed by atoms with E-state index in [1.54, 1.807) is 13.3 Å². The van der Waals surface area contributed by atoms with Crippen molar-refractivity contribution in [3.8, 4) is 16.9 Å². The SMILES string of the molecule is COc1ccc(-c2ccnnc2NCCN)cc1. The highest BCUT2D eigenvalue weighted by Crippen LogP contribution is 2.26. The molecule has 0 bridgehead atoms. The van der Waals surface area contributed by atoms with Gasteiger partial charge < -0.3 is 15.8 Å². The molecule has 0 aliphatic carbocycles. The molecule has 5 nitrogen and oxygen atoms in total. The topological polar surface area (TPSA) is 73.1 Å². The molecule has 1 heterocycles. The number of aromatic nitrogens is 2. The summed E-state index contributed by atoms with van der Waals surface area (Å²) in [6, 6.07) is 9.74. The third-order valence-electron chi connectivity index (χ3n) is 2.56. The molecule has 0 saturated carbocycles. The molecule has 94 valence electrons. The smallest absolute Gasteiger partial charge is 0.156 e. The summed E-state index contributed by atoms with van der Waals surface area (Å²) in [5.41, 5.74) is 7.54. The van der Waals surface area contributed by atoms with E-state index in [0.29, 0.717) is 13.1 Å². The van der Waals surface area contributed by atoms with Gasteiger partial charge in [0, 0.05) is 18.7 Å². The monoisotopic (exact) mass is 244 g/mol. The molecule has 0 radical (unpaired) electrons. The molecule has 0 aliphatic rings. The van der Waals surface area contributed by atoms with E-state index < -0.39 is 0 Å². The summed E-state index contributed by atoms with van der Waals surface area (Å²) in [6.45, 7) is 1.22. The minimum absolute atomic E-state index is 0.554. The number of methoxy groups -OCH3 is 1. The molecule has 0 amide bonds. The van der Waals surface area contributed by atoms with Crippen molar-refractivity contribution in [1.29, 1.82) is 0 Å². The fraction of sp³-hybridized carbons (Fsp3) is 0.231. The first-order valence-corrected chi connectivity index (χ1v) is 5.75. The Labute approximate surface area is 106 Å². The predicted octanol–water partition coefficient (Wildman–Crippen LogP) is 1.52. The lowest BCUT2D eigenvalue weighted by atomic mass is 10.1. The first-order chi connectivity index (χ1) is 8.85. The van der Waals surface area contributed by atoms with Crippen LogP contribution in [0.25, 0.3) is 11.1 Å². The zero-order valence-electron chi connectivity index (χ0n) is 10.3. The Morgan fingerprint density at radius 1 is 1.22 bits per heavy atom. The van der Waals surface area contributed by atoms with Gasteiger partial charge in [-0.1, -0.05) is 12.1 Å². The van der Waals surface area contributed by atoms with Crippen molar-refractivity contribution in [3.05, 3.63) is 36.5 Å². The largest absolute Gasteiger partial charge is 0.497 e. The van der Waals surface area contributed by atoms with E-state index in [1.807, 2.05) is 30.3 Å². The molecule has 0 fully saturated rings. The van der Waals surface area contributed by atoms with Gasteiger partial charge in [0.2, 0.25) is 0 Å². The number of nitrogens with one attached hydrogen (secondary N) is 1. The highest BCUT2D eigenvalue weighted by molar-refractivity contribution is 5.74. The number of nitrogens with zero attached hydrogens (tertiary/aromatic N) is 2. The lowest BCUT2D eigenvalue weighted by molar-refractivity contribution is 0.415. The Bertz CT molecular complexity index is 499. The van der Waals surface area contributed by atoms with Crippen LogP contribution in [0.15, 0.2) is 36.5 Å². The maximum atomic E-state index is 5.48. The lowest BCUT2D eigenvalue weighted by Crippen LogP contribution is -2.14. The van der Waals surface area contributed by atoms with Crippen LogP contribution in [-0.2, 0) is 0 Å². The summed E-state index contributed by atoms with van der Waals surface area (Å²) < 4.78 is 5.14. The van der Waals surface area contributed by atoms with Crippen molar-refractivity contribution in [1.82, 2.24) is 10.2 Å². The van der Waals surface area contributed by atoms with E-state index in [0.717, 1.165) is 22.7 Å².